The Hall–Kier alpha value is -1.32. The Morgan fingerprint density at radius 3 is 3.33 bits per heavy atom. The first-order valence-corrected chi connectivity index (χ1v) is 4.34. The van der Waals surface area contributed by atoms with Crippen molar-refractivity contribution < 1.29 is 0 Å². The highest BCUT2D eigenvalue weighted by atomic mass is 15.4. The number of hydrogen-bond donors (Lipinski definition) is 0. The van der Waals surface area contributed by atoms with E-state index in [1.807, 2.05) is 10.7 Å². The summed E-state index contributed by atoms with van der Waals surface area (Å²) in [6.07, 6.45) is 7.39. The third-order valence-electron chi connectivity index (χ3n) is 2.41. The number of imidazole rings is 1. The third kappa shape index (κ3) is 0.668. The number of fused-ring (bicyclic) bond motifs is 3. The maximum Gasteiger partial charge on any atom is 0.250 e. The minimum atomic E-state index is 0.840. The molecule has 0 aromatic carbocycles. The van der Waals surface area contributed by atoms with E-state index in [0.717, 1.165) is 18.7 Å². The van der Waals surface area contributed by atoms with Crippen LogP contribution in [0.2, 0.25) is 0 Å². The molecule has 0 spiro atoms. The Morgan fingerprint density at radius 2 is 2.33 bits per heavy atom. The van der Waals surface area contributed by atoms with E-state index >= 15 is 0 Å². The first kappa shape index (κ1) is 6.22. The average molecular weight is 162 g/mol. The first-order chi connectivity index (χ1) is 5.95. The van der Waals surface area contributed by atoms with Gasteiger partial charge >= 0.3 is 0 Å². The van der Waals surface area contributed by atoms with Gasteiger partial charge in [0, 0.05) is 25.4 Å². The van der Waals surface area contributed by atoms with E-state index < -0.39 is 0 Å². The van der Waals surface area contributed by atoms with Crippen molar-refractivity contribution in [3.8, 4) is 0 Å². The van der Waals surface area contributed by atoms with Gasteiger partial charge in [-0.2, -0.15) is 4.98 Å². The van der Waals surface area contributed by atoms with Gasteiger partial charge in [0.2, 0.25) is 0 Å². The van der Waals surface area contributed by atoms with Gasteiger partial charge in [-0.25, -0.2) is 9.50 Å². The summed E-state index contributed by atoms with van der Waals surface area (Å²) >= 11 is 0. The zero-order valence-corrected chi connectivity index (χ0v) is 6.77. The third-order valence-corrected chi connectivity index (χ3v) is 2.41. The standard InChI is InChI=1S/C8H10N4/c1-2-5-11-7(3-1)10-8-9-4-6-12(8)11/h4,6H,1-3,5H2. The number of aromatic nitrogens is 4. The smallest absolute Gasteiger partial charge is 0.250 e. The summed E-state index contributed by atoms with van der Waals surface area (Å²) in [6.45, 7) is 1.09. The van der Waals surface area contributed by atoms with Gasteiger partial charge in [0.05, 0.1) is 0 Å². The van der Waals surface area contributed by atoms with E-state index in [-0.39, 0.29) is 0 Å². The number of nitrogens with zero attached hydrogens (tertiary/aromatic N) is 4. The highest BCUT2D eigenvalue weighted by molar-refractivity contribution is 5.27. The molecule has 1 aliphatic heterocycles. The van der Waals surface area contributed by atoms with Gasteiger partial charge in [0.1, 0.15) is 5.82 Å². The zero-order chi connectivity index (χ0) is 7.97. The van der Waals surface area contributed by atoms with Crippen LogP contribution in [0.1, 0.15) is 18.7 Å². The lowest BCUT2D eigenvalue weighted by Crippen LogP contribution is -2.14. The summed E-state index contributed by atoms with van der Waals surface area (Å²) in [4.78, 5) is 8.58. The van der Waals surface area contributed by atoms with Crippen LogP contribution in [0.25, 0.3) is 5.78 Å². The van der Waals surface area contributed by atoms with Crippen molar-refractivity contribution in [3.05, 3.63) is 18.2 Å². The van der Waals surface area contributed by atoms with E-state index in [1.54, 1.807) is 6.20 Å². The van der Waals surface area contributed by atoms with Crippen LogP contribution in [0.5, 0.6) is 0 Å². The lowest BCUT2D eigenvalue weighted by atomic mass is 10.2. The van der Waals surface area contributed by atoms with Crippen molar-refractivity contribution in [1.29, 1.82) is 0 Å². The van der Waals surface area contributed by atoms with Crippen LogP contribution in [0.15, 0.2) is 12.4 Å². The molecule has 4 heteroatoms. The van der Waals surface area contributed by atoms with Crippen LogP contribution in [-0.4, -0.2) is 19.2 Å². The molecule has 1 aliphatic rings. The summed E-state index contributed by atoms with van der Waals surface area (Å²) < 4.78 is 4.25. The maximum atomic E-state index is 4.43. The Balaban J connectivity index is 2.34. The molecule has 12 heavy (non-hydrogen) atoms. The molecule has 3 heterocycles. The normalized spacial score (nSPS) is 16.7. The molecular formula is C8H10N4. The van der Waals surface area contributed by atoms with Crippen molar-refractivity contribution in [2.45, 2.75) is 25.8 Å². The summed E-state index contributed by atoms with van der Waals surface area (Å²) in [7, 11) is 0. The van der Waals surface area contributed by atoms with Crippen molar-refractivity contribution >= 4 is 5.78 Å². The van der Waals surface area contributed by atoms with Crippen LogP contribution in [0, 0.1) is 0 Å². The predicted octanol–water partition coefficient (Wildman–Crippen LogP) is 0.867. The van der Waals surface area contributed by atoms with E-state index in [1.165, 1.54) is 18.7 Å². The molecule has 2 aromatic heterocycles. The van der Waals surface area contributed by atoms with Crippen molar-refractivity contribution in [1.82, 2.24) is 19.2 Å². The second kappa shape index (κ2) is 2.09. The first-order valence-electron chi connectivity index (χ1n) is 4.34. The molecule has 0 atom stereocenters. The van der Waals surface area contributed by atoms with Crippen LogP contribution in [-0.2, 0) is 13.0 Å². The highest BCUT2D eigenvalue weighted by Gasteiger charge is 2.13. The molecule has 3 rings (SSSR count). The van der Waals surface area contributed by atoms with Gasteiger partial charge in [-0.1, -0.05) is 0 Å². The van der Waals surface area contributed by atoms with Crippen LogP contribution < -0.4 is 0 Å². The van der Waals surface area contributed by atoms with E-state index in [4.69, 9.17) is 0 Å². The lowest BCUT2D eigenvalue weighted by Gasteiger charge is -2.12. The molecular weight excluding hydrogens is 152 g/mol. The molecule has 0 saturated heterocycles. The lowest BCUT2D eigenvalue weighted by molar-refractivity contribution is 0.460. The fourth-order valence-electron chi connectivity index (χ4n) is 1.82. The van der Waals surface area contributed by atoms with Crippen molar-refractivity contribution in [2.75, 3.05) is 0 Å². The van der Waals surface area contributed by atoms with Gasteiger partial charge in [0.15, 0.2) is 0 Å². The van der Waals surface area contributed by atoms with Crippen LogP contribution in [0.3, 0.4) is 0 Å². The highest BCUT2D eigenvalue weighted by Crippen LogP contribution is 2.14. The minimum absolute atomic E-state index is 0.840. The van der Waals surface area contributed by atoms with Crippen LogP contribution >= 0.6 is 0 Å². The Bertz CT molecular complexity index is 412. The molecule has 2 aromatic rings. The second-order valence-corrected chi connectivity index (χ2v) is 3.18. The predicted molar refractivity (Wildman–Crippen MR) is 43.9 cm³/mol. The fraction of sp³-hybridized carbons (Fsp3) is 0.500. The molecule has 0 N–H and O–H groups in total. The zero-order valence-electron chi connectivity index (χ0n) is 6.77. The van der Waals surface area contributed by atoms with Gasteiger partial charge in [-0.05, 0) is 12.8 Å². The summed E-state index contributed by atoms with van der Waals surface area (Å²) in [6, 6.07) is 0. The fourth-order valence-corrected chi connectivity index (χ4v) is 1.82. The van der Waals surface area contributed by atoms with Gasteiger partial charge < -0.3 is 0 Å². The second-order valence-electron chi connectivity index (χ2n) is 3.18. The van der Waals surface area contributed by atoms with E-state index in [0.29, 0.717) is 0 Å². The molecule has 4 nitrogen and oxygen atoms in total. The minimum Gasteiger partial charge on any atom is -0.265 e. The largest absolute Gasteiger partial charge is 0.265 e. The summed E-state index contributed by atoms with van der Waals surface area (Å²) in [5.41, 5.74) is 0. The number of hydrogen-bond acceptors (Lipinski definition) is 2. The summed E-state index contributed by atoms with van der Waals surface area (Å²) in [5.74, 6) is 2.02. The average Bonchev–Trinajstić information content (AvgIpc) is 2.62. The molecule has 62 valence electrons. The van der Waals surface area contributed by atoms with Crippen molar-refractivity contribution in [2.24, 2.45) is 0 Å². The molecule has 0 bridgehead atoms. The van der Waals surface area contributed by atoms with Crippen LogP contribution in [0.4, 0.5) is 0 Å². The molecule has 0 radical (unpaired) electrons. The molecule has 0 saturated carbocycles. The topological polar surface area (TPSA) is 35.1 Å². The van der Waals surface area contributed by atoms with Crippen molar-refractivity contribution in [3.63, 3.8) is 0 Å². The SMILES string of the molecule is c1cn2c(n1)nc1n2CCCC1. The molecule has 0 unspecified atom stereocenters. The Kier molecular flexibility index (Phi) is 1.08. The number of rotatable bonds is 0. The van der Waals surface area contributed by atoms with E-state index in [2.05, 4.69) is 14.6 Å². The molecule has 0 fully saturated rings. The Morgan fingerprint density at radius 1 is 1.33 bits per heavy atom. The molecule has 0 aliphatic carbocycles. The monoisotopic (exact) mass is 162 g/mol. The van der Waals surface area contributed by atoms with E-state index in [9.17, 15) is 0 Å². The maximum absolute atomic E-state index is 4.43. The molecule has 0 amide bonds. The number of aryl methyl sites for hydroxylation is 2. The van der Waals surface area contributed by atoms with Gasteiger partial charge in [-0.15, -0.1) is 0 Å². The Labute approximate surface area is 69.8 Å². The quantitative estimate of drug-likeness (QED) is 0.576. The van der Waals surface area contributed by atoms with Gasteiger partial charge in [0.25, 0.3) is 5.78 Å². The van der Waals surface area contributed by atoms with Gasteiger partial charge in [-0.3, -0.25) is 4.68 Å². The summed E-state index contributed by atoms with van der Waals surface area (Å²) in [5, 5.41) is 0.